The monoisotopic (exact) mass is 234 g/mol. The van der Waals surface area contributed by atoms with E-state index in [1.54, 1.807) is 24.3 Å². The van der Waals surface area contributed by atoms with Crippen molar-refractivity contribution in [3.63, 3.8) is 0 Å². The van der Waals surface area contributed by atoms with E-state index in [9.17, 15) is 14.4 Å². The molecule has 0 aliphatic rings. The van der Waals surface area contributed by atoms with Crippen molar-refractivity contribution in [2.75, 3.05) is 7.11 Å². The van der Waals surface area contributed by atoms with Crippen molar-refractivity contribution in [2.24, 2.45) is 5.92 Å². The van der Waals surface area contributed by atoms with Gasteiger partial charge in [-0.3, -0.25) is 14.4 Å². The van der Waals surface area contributed by atoms with Crippen LogP contribution in [0, 0.1) is 5.92 Å². The Kier molecular flexibility index (Phi) is 4.15. The fourth-order valence-electron chi connectivity index (χ4n) is 1.66. The molecule has 0 heterocycles. The highest BCUT2D eigenvalue weighted by Crippen LogP contribution is 2.21. The Morgan fingerprint density at radius 3 is 2.06 bits per heavy atom. The standard InChI is InChI=1S/C13H14O4/c1-8(14)12(9(2)15)13(16)10-6-4-5-7-11(10)17-3/h4-7,12H,1-3H3. The fourth-order valence-corrected chi connectivity index (χ4v) is 1.66. The zero-order chi connectivity index (χ0) is 13.0. The minimum absolute atomic E-state index is 0.255. The summed E-state index contributed by atoms with van der Waals surface area (Å²) < 4.78 is 5.03. The van der Waals surface area contributed by atoms with Crippen molar-refractivity contribution in [1.82, 2.24) is 0 Å². The van der Waals surface area contributed by atoms with Gasteiger partial charge in [-0.2, -0.15) is 0 Å². The third-order valence-corrected chi connectivity index (χ3v) is 2.45. The molecular weight excluding hydrogens is 220 g/mol. The SMILES string of the molecule is COc1ccccc1C(=O)C(C(C)=O)C(C)=O. The van der Waals surface area contributed by atoms with E-state index in [4.69, 9.17) is 4.74 Å². The van der Waals surface area contributed by atoms with Crippen LogP contribution in [-0.2, 0) is 9.59 Å². The lowest BCUT2D eigenvalue weighted by molar-refractivity contribution is -0.128. The van der Waals surface area contributed by atoms with E-state index in [1.807, 2.05) is 0 Å². The van der Waals surface area contributed by atoms with E-state index < -0.39 is 23.3 Å². The molecule has 0 radical (unpaired) electrons. The largest absolute Gasteiger partial charge is 0.496 e. The maximum atomic E-state index is 12.1. The summed E-state index contributed by atoms with van der Waals surface area (Å²) in [5, 5.41) is 0. The van der Waals surface area contributed by atoms with Gasteiger partial charge in [-0.25, -0.2) is 0 Å². The van der Waals surface area contributed by atoms with Gasteiger partial charge in [0.05, 0.1) is 12.7 Å². The molecule has 0 N–H and O–H groups in total. The Balaban J connectivity index is 3.18. The highest BCUT2D eigenvalue weighted by atomic mass is 16.5. The Bertz CT molecular complexity index is 448. The minimum atomic E-state index is -1.23. The zero-order valence-corrected chi connectivity index (χ0v) is 10.0. The molecule has 4 heteroatoms. The van der Waals surface area contributed by atoms with Crippen LogP contribution in [0.4, 0.5) is 0 Å². The van der Waals surface area contributed by atoms with Crippen LogP contribution in [0.25, 0.3) is 0 Å². The second kappa shape index (κ2) is 5.39. The van der Waals surface area contributed by atoms with E-state index in [2.05, 4.69) is 0 Å². The van der Waals surface area contributed by atoms with Crippen LogP contribution in [0.5, 0.6) is 5.75 Å². The Labute approximate surface area is 99.6 Å². The first kappa shape index (κ1) is 13.1. The summed E-state index contributed by atoms with van der Waals surface area (Å²) in [6, 6.07) is 6.53. The number of carbonyl (C=O) groups is 3. The molecule has 0 aliphatic carbocycles. The van der Waals surface area contributed by atoms with E-state index in [-0.39, 0.29) is 5.56 Å². The molecule has 0 spiro atoms. The van der Waals surface area contributed by atoms with Crippen LogP contribution in [0.15, 0.2) is 24.3 Å². The first-order valence-electron chi connectivity index (χ1n) is 5.17. The van der Waals surface area contributed by atoms with Crippen LogP contribution in [0.3, 0.4) is 0 Å². The maximum absolute atomic E-state index is 12.1. The molecule has 1 aromatic carbocycles. The topological polar surface area (TPSA) is 60.4 Å². The van der Waals surface area contributed by atoms with Gasteiger partial charge in [0.15, 0.2) is 5.78 Å². The highest BCUT2D eigenvalue weighted by molar-refractivity contribution is 6.23. The molecule has 1 rings (SSSR count). The van der Waals surface area contributed by atoms with E-state index in [1.165, 1.54) is 21.0 Å². The van der Waals surface area contributed by atoms with Crippen molar-refractivity contribution < 1.29 is 19.1 Å². The average Bonchev–Trinajstić information content (AvgIpc) is 2.27. The lowest BCUT2D eigenvalue weighted by Crippen LogP contribution is -2.29. The van der Waals surface area contributed by atoms with Gasteiger partial charge < -0.3 is 4.74 Å². The van der Waals surface area contributed by atoms with Crippen molar-refractivity contribution in [1.29, 1.82) is 0 Å². The van der Waals surface area contributed by atoms with Gasteiger partial charge in [-0.05, 0) is 26.0 Å². The minimum Gasteiger partial charge on any atom is -0.496 e. The summed E-state index contributed by atoms with van der Waals surface area (Å²) in [7, 11) is 1.43. The molecule has 0 amide bonds. The van der Waals surface area contributed by atoms with Gasteiger partial charge in [0.25, 0.3) is 0 Å². The number of para-hydroxylation sites is 1. The van der Waals surface area contributed by atoms with Crippen LogP contribution >= 0.6 is 0 Å². The van der Waals surface area contributed by atoms with Crippen molar-refractivity contribution in [2.45, 2.75) is 13.8 Å². The second-order valence-corrected chi connectivity index (χ2v) is 3.72. The third kappa shape index (κ3) is 2.78. The molecule has 0 aliphatic heterocycles. The van der Waals surface area contributed by atoms with Crippen LogP contribution in [0.1, 0.15) is 24.2 Å². The Morgan fingerprint density at radius 2 is 1.59 bits per heavy atom. The molecule has 0 atom stereocenters. The number of benzene rings is 1. The van der Waals surface area contributed by atoms with Gasteiger partial charge in [-0.1, -0.05) is 12.1 Å². The number of carbonyl (C=O) groups excluding carboxylic acids is 3. The molecular formula is C13H14O4. The molecule has 1 aromatic rings. The molecule has 90 valence electrons. The molecule has 0 unspecified atom stereocenters. The molecule has 0 fully saturated rings. The lowest BCUT2D eigenvalue weighted by Gasteiger charge is -2.11. The number of ketones is 3. The van der Waals surface area contributed by atoms with E-state index in [0.29, 0.717) is 5.75 Å². The lowest BCUT2D eigenvalue weighted by atomic mass is 9.91. The Hall–Kier alpha value is -1.97. The van der Waals surface area contributed by atoms with Crippen molar-refractivity contribution >= 4 is 17.3 Å². The van der Waals surface area contributed by atoms with E-state index in [0.717, 1.165) is 0 Å². The summed E-state index contributed by atoms with van der Waals surface area (Å²) in [5.74, 6) is -2.28. The number of hydrogen-bond donors (Lipinski definition) is 0. The van der Waals surface area contributed by atoms with Crippen molar-refractivity contribution in [3.8, 4) is 5.75 Å². The molecule has 0 saturated carbocycles. The number of rotatable bonds is 5. The number of Topliss-reactive ketones (excluding diaryl/α,β-unsaturated/α-hetero) is 3. The van der Waals surface area contributed by atoms with Crippen molar-refractivity contribution in [3.05, 3.63) is 29.8 Å². The van der Waals surface area contributed by atoms with Gasteiger partial charge >= 0.3 is 0 Å². The molecule has 0 bridgehead atoms. The number of ether oxygens (including phenoxy) is 1. The predicted molar refractivity (Wildman–Crippen MR) is 62.2 cm³/mol. The van der Waals surface area contributed by atoms with Crippen LogP contribution in [-0.4, -0.2) is 24.5 Å². The number of methoxy groups -OCH3 is 1. The maximum Gasteiger partial charge on any atom is 0.184 e. The van der Waals surface area contributed by atoms with Gasteiger partial charge in [0.2, 0.25) is 0 Å². The summed E-state index contributed by atoms with van der Waals surface area (Å²) in [5.41, 5.74) is 0.255. The predicted octanol–water partition coefficient (Wildman–Crippen LogP) is 1.67. The fraction of sp³-hybridized carbons (Fsp3) is 0.308. The van der Waals surface area contributed by atoms with Gasteiger partial charge in [0, 0.05) is 0 Å². The summed E-state index contributed by atoms with van der Waals surface area (Å²) in [4.78, 5) is 34.7. The van der Waals surface area contributed by atoms with Gasteiger partial charge in [-0.15, -0.1) is 0 Å². The van der Waals surface area contributed by atoms with Gasteiger partial charge in [0.1, 0.15) is 23.2 Å². The Morgan fingerprint density at radius 1 is 1.06 bits per heavy atom. The molecule has 0 saturated heterocycles. The summed E-state index contributed by atoms with van der Waals surface area (Å²) in [6.07, 6.45) is 0. The van der Waals surface area contributed by atoms with E-state index >= 15 is 0 Å². The summed E-state index contributed by atoms with van der Waals surface area (Å²) in [6.45, 7) is 2.47. The third-order valence-electron chi connectivity index (χ3n) is 2.45. The second-order valence-electron chi connectivity index (χ2n) is 3.72. The first-order chi connectivity index (χ1) is 7.99. The smallest absolute Gasteiger partial charge is 0.184 e. The zero-order valence-electron chi connectivity index (χ0n) is 10.0. The molecule has 17 heavy (non-hydrogen) atoms. The summed E-state index contributed by atoms with van der Waals surface area (Å²) >= 11 is 0. The first-order valence-corrected chi connectivity index (χ1v) is 5.17. The quantitative estimate of drug-likeness (QED) is 0.574. The highest BCUT2D eigenvalue weighted by Gasteiger charge is 2.30. The van der Waals surface area contributed by atoms with Crippen LogP contribution in [0.2, 0.25) is 0 Å². The number of hydrogen-bond acceptors (Lipinski definition) is 4. The molecule has 4 nitrogen and oxygen atoms in total. The van der Waals surface area contributed by atoms with Crippen LogP contribution < -0.4 is 4.74 Å². The normalized spacial score (nSPS) is 10.1. The average molecular weight is 234 g/mol. The molecule has 0 aromatic heterocycles.